The number of aryl methyl sites for hydroxylation is 2. The minimum atomic E-state index is -1.26. The molecular weight excluding hydrogens is 282 g/mol. The fourth-order valence-electron chi connectivity index (χ4n) is 2.14. The molecule has 0 radical (unpaired) electrons. The lowest BCUT2D eigenvalue weighted by Gasteiger charge is -2.21. The molecule has 0 spiro atoms. The van der Waals surface area contributed by atoms with Gasteiger partial charge in [0.2, 0.25) is 0 Å². The number of nitrogens with one attached hydrogen (secondary N) is 1. The minimum Gasteiger partial charge on any atom is -0.463 e. The number of carbonyl (C=O) groups excluding carboxylic acids is 1. The van der Waals surface area contributed by atoms with Gasteiger partial charge in [-0.1, -0.05) is 13.8 Å². The van der Waals surface area contributed by atoms with Crippen molar-refractivity contribution in [3.8, 4) is 0 Å². The average Bonchev–Trinajstić information content (AvgIpc) is 3.03. The maximum Gasteiger partial charge on any atom is 0.269 e. The van der Waals surface area contributed by atoms with Crippen molar-refractivity contribution in [1.29, 1.82) is 0 Å². The van der Waals surface area contributed by atoms with Crippen molar-refractivity contribution in [1.82, 2.24) is 15.1 Å². The topological polar surface area (TPSA) is 80.3 Å². The second-order valence-electron chi connectivity index (χ2n) is 6.10. The van der Waals surface area contributed by atoms with Crippen molar-refractivity contribution < 1.29 is 14.3 Å². The Labute approximate surface area is 130 Å². The fourth-order valence-corrected chi connectivity index (χ4v) is 2.14. The predicted octanol–water partition coefficient (Wildman–Crippen LogP) is 2.08. The summed E-state index contributed by atoms with van der Waals surface area (Å²) < 4.78 is 6.98. The molecular formula is C16H23N3O3. The maximum absolute atomic E-state index is 12.3. The van der Waals surface area contributed by atoms with Crippen LogP contribution in [0, 0.1) is 6.92 Å². The molecule has 2 aromatic rings. The summed E-state index contributed by atoms with van der Waals surface area (Å²) in [6.45, 7) is 7.51. The molecule has 0 saturated carbocycles. The molecule has 2 rings (SSSR count). The second-order valence-corrected chi connectivity index (χ2v) is 6.10. The van der Waals surface area contributed by atoms with Gasteiger partial charge in [-0.05, 0) is 38.0 Å². The zero-order chi connectivity index (χ0) is 16.5. The first-order valence-electron chi connectivity index (χ1n) is 7.32. The molecule has 0 aliphatic heterocycles. The van der Waals surface area contributed by atoms with E-state index in [0.717, 1.165) is 11.5 Å². The molecule has 1 atom stereocenters. The second kappa shape index (κ2) is 5.96. The van der Waals surface area contributed by atoms with Crippen LogP contribution < -0.4 is 5.32 Å². The lowest BCUT2D eigenvalue weighted by Crippen LogP contribution is -2.39. The normalized spacial score (nSPS) is 14.1. The fraction of sp³-hybridized carbons (Fsp3) is 0.500. The lowest BCUT2D eigenvalue weighted by atomic mass is 10.0. The number of hydrogen-bond acceptors (Lipinski definition) is 4. The summed E-state index contributed by atoms with van der Waals surface area (Å²) in [7, 11) is 1.73. The number of amides is 1. The Hall–Kier alpha value is -2.08. The third-order valence-corrected chi connectivity index (χ3v) is 3.59. The molecule has 0 fully saturated rings. The highest BCUT2D eigenvalue weighted by atomic mass is 16.4. The van der Waals surface area contributed by atoms with Gasteiger partial charge in [0, 0.05) is 7.05 Å². The first-order chi connectivity index (χ1) is 10.2. The molecule has 6 heteroatoms. The summed E-state index contributed by atoms with van der Waals surface area (Å²) in [6, 6.07) is 5.26. The van der Waals surface area contributed by atoms with E-state index in [1.807, 2.05) is 13.8 Å². The van der Waals surface area contributed by atoms with E-state index in [0.29, 0.717) is 11.5 Å². The van der Waals surface area contributed by atoms with Gasteiger partial charge in [-0.2, -0.15) is 5.10 Å². The highest BCUT2D eigenvalue weighted by Crippen LogP contribution is 2.22. The monoisotopic (exact) mass is 305 g/mol. The lowest BCUT2D eigenvalue weighted by molar-refractivity contribution is 0.0322. The molecule has 2 aromatic heterocycles. The first-order valence-corrected chi connectivity index (χ1v) is 7.32. The highest BCUT2D eigenvalue weighted by Gasteiger charge is 2.28. The van der Waals surface area contributed by atoms with Gasteiger partial charge in [-0.25, -0.2) is 0 Å². The number of nitrogens with zero attached hydrogens (tertiary/aromatic N) is 2. The average molecular weight is 305 g/mol. The van der Waals surface area contributed by atoms with E-state index in [-0.39, 0.29) is 18.4 Å². The van der Waals surface area contributed by atoms with Crippen LogP contribution in [0.15, 0.2) is 22.6 Å². The van der Waals surface area contributed by atoms with Crippen molar-refractivity contribution in [3.05, 3.63) is 41.1 Å². The molecule has 0 aliphatic carbocycles. The van der Waals surface area contributed by atoms with Crippen molar-refractivity contribution in [3.63, 3.8) is 0 Å². The van der Waals surface area contributed by atoms with E-state index in [9.17, 15) is 9.90 Å². The van der Waals surface area contributed by atoms with Crippen LogP contribution in [-0.2, 0) is 12.6 Å². The number of aromatic nitrogens is 2. The van der Waals surface area contributed by atoms with Crippen LogP contribution in [0.1, 0.15) is 54.4 Å². The molecule has 0 aromatic carbocycles. The molecule has 1 unspecified atom stereocenters. The van der Waals surface area contributed by atoms with E-state index < -0.39 is 5.60 Å². The Morgan fingerprint density at radius 1 is 1.50 bits per heavy atom. The third-order valence-electron chi connectivity index (χ3n) is 3.59. The van der Waals surface area contributed by atoms with Gasteiger partial charge >= 0.3 is 0 Å². The van der Waals surface area contributed by atoms with Crippen LogP contribution in [-0.4, -0.2) is 27.3 Å². The molecule has 22 heavy (non-hydrogen) atoms. The van der Waals surface area contributed by atoms with E-state index in [4.69, 9.17) is 4.42 Å². The zero-order valence-corrected chi connectivity index (χ0v) is 13.7. The van der Waals surface area contributed by atoms with Gasteiger partial charge in [0.1, 0.15) is 22.8 Å². The van der Waals surface area contributed by atoms with Gasteiger partial charge < -0.3 is 14.8 Å². The smallest absolute Gasteiger partial charge is 0.269 e. The third kappa shape index (κ3) is 3.39. The van der Waals surface area contributed by atoms with Gasteiger partial charge in [0.05, 0.1) is 12.2 Å². The van der Waals surface area contributed by atoms with Crippen molar-refractivity contribution in [2.45, 2.75) is 39.2 Å². The summed E-state index contributed by atoms with van der Waals surface area (Å²) in [5.41, 5.74) is 0.0693. The van der Waals surface area contributed by atoms with Crippen LogP contribution in [0.4, 0.5) is 0 Å². The Balaban J connectivity index is 2.06. The number of aliphatic hydroxyl groups is 1. The van der Waals surface area contributed by atoms with E-state index in [2.05, 4.69) is 10.4 Å². The van der Waals surface area contributed by atoms with Gasteiger partial charge in [-0.3, -0.25) is 9.48 Å². The summed E-state index contributed by atoms with van der Waals surface area (Å²) >= 11 is 0. The maximum atomic E-state index is 12.3. The largest absolute Gasteiger partial charge is 0.463 e. The number of hydrogen-bond donors (Lipinski definition) is 2. The van der Waals surface area contributed by atoms with Crippen LogP contribution in [0.3, 0.4) is 0 Å². The Bertz CT molecular complexity index is 668. The molecule has 0 saturated heterocycles. The summed E-state index contributed by atoms with van der Waals surface area (Å²) in [5, 5.41) is 17.5. The molecule has 0 bridgehead atoms. The molecule has 2 N–H and O–H groups in total. The Kier molecular flexibility index (Phi) is 4.42. The van der Waals surface area contributed by atoms with Crippen LogP contribution >= 0.6 is 0 Å². The number of carbonyl (C=O) groups is 1. The SMILES string of the molecule is Cc1ccc(C(C)(O)CNC(=O)c2cc(C(C)C)nn2C)o1. The van der Waals surface area contributed by atoms with E-state index in [1.165, 1.54) is 0 Å². The highest BCUT2D eigenvalue weighted by molar-refractivity contribution is 5.92. The molecule has 6 nitrogen and oxygen atoms in total. The van der Waals surface area contributed by atoms with Crippen LogP contribution in [0.5, 0.6) is 0 Å². The van der Waals surface area contributed by atoms with E-state index in [1.54, 1.807) is 43.8 Å². The van der Waals surface area contributed by atoms with Crippen molar-refractivity contribution >= 4 is 5.91 Å². The van der Waals surface area contributed by atoms with Gasteiger partial charge in [0.25, 0.3) is 5.91 Å². The number of rotatable bonds is 5. The summed E-state index contributed by atoms with van der Waals surface area (Å²) in [6.07, 6.45) is 0. The molecule has 120 valence electrons. The van der Waals surface area contributed by atoms with Gasteiger partial charge in [-0.15, -0.1) is 0 Å². The molecule has 0 aliphatic rings. The quantitative estimate of drug-likeness (QED) is 0.886. The van der Waals surface area contributed by atoms with Crippen molar-refractivity contribution in [2.75, 3.05) is 6.54 Å². The Morgan fingerprint density at radius 2 is 2.18 bits per heavy atom. The zero-order valence-electron chi connectivity index (χ0n) is 13.7. The summed E-state index contributed by atoms with van der Waals surface area (Å²) in [4.78, 5) is 12.3. The van der Waals surface area contributed by atoms with Crippen LogP contribution in [0.2, 0.25) is 0 Å². The minimum absolute atomic E-state index is 0.0565. The van der Waals surface area contributed by atoms with Crippen LogP contribution in [0.25, 0.3) is 0 Å². The molecule has 2 heterocycles. The first kappa shape index (κ1) is 16.3. The van der Waals surface area contributed by atoms with Crippen molar-refractivity contribution in [2.24, 2.45) is 7.05 Å². The Morgan fingerprint density at radius 3 is 2.68 bits per heavy atom. The van der Waals surface area contributed by atoms with Gasteiger partial charge in [0.15, 0.2) is 0 Å². The van der Waals surface area contributed by atoms with E-state index >= 15 is 0 Å². The molecule has 1 amide bonds. The number of furan rings is 1. The summed E-state index contributed by atoms with van der Waals surface area (Å²) in [5.74, 6) is 1.13. The standard InChI is InChI=1S/C16H23N3O3/c1-10(2)12-8-13(19(5)18-12)15(20)17-9-16(4,21)14-7-6-11(3)22-14/h6-8,10,21H,9H2,1-5H3,(H,17,20). The predicted molar refractivity (Wildman–Crippen MR) is 82.6 cm³/mol.